The van der Waals surface area contributed by atoms with E-state index in [-0.39, 0.29) is 11.8 Å². The van der Waals surface area contributed by atoms with E-state index in [2.05, 4.69) is 5.32 Å². The van der Waals surface area contributed by atoms with E-state index in [0.717, 1.165) is 0 Å². The minimum absolute atomic E-state index is 0.0394. The van der Waals surface area contributed by atoms with Gasteiger partial charge in [0.1, 0.15) is 6.10 Å². The van der Waals surface area contributed by atoms with Crippen molar-refractivity contribution in [3.05, 3.63) is 0 Å². The average Bonchev–Trinajstić information content (AvgIpc) is 1.96. The second-order valence-corrected chi connectivity index (χ2v) is 2.79. The summed E-state index contributed by atoms with van der Waals surface area (Å²) in [5.74, 6) is -0.618. The first-order valence-corrected chi connectivity index (χ1v) is 3.76. The second kappa shape index (κ2) is 3.53. The zero-order valence-electron chi connectivity index (χ0n) is 6.87. The molecule has 1 aliphatic rings. The minimum Gasteiger partial charge on any atom is -0.368 e. The lowest BCUT2D eigenvalue weighted by Gasteiger charge is -2.33. The van der Waals surface area contributed by atoms with E-state index in [4.69, 9.17) is 10.5 Å². The van der Waals surface area contributed by atoms with E-state index in [1.807, 2.05) is 0 Å². The number of nitrogens with two attached hydrogens (primary N) is 1. The third-order valence-corrected chi connectivity index (χ3v) is 1.92. The molecule has 0 aromatic heterocycles. The van der Waals surface area contributed by atoms with Crippen molar-refractivity contribution in [1.29, 1.82) is 0 Å². The fourth-order valence-corrected chi connectivity index (χ4v) is 1.15. The van der Waals surface area contributed by atoms with Gasteiger partial charge in [0.2, 0.25) is 11.8 Å². The number of carbonyl (C=O) groups excluding carboxylic acids is 2. The van der Waals surface area contributed by atoms with Crippen molar-refractivity contribution >= 4 is 11.8 Å². The number of hydrogen-bond donors (Lipinski definition) is 2. The molecule has 1 saturated heterocycles. The van der Waals surface area contributed by atoms with Crippen LogP contribution in [-0.4, -0.2) is 31.6 Å². The monoisotopic (exact) mass is 172 g/mol. The molecule has 0 aliphatic carbocycles. The molecule has 0 aromatic carbocycles. The van der Waals surface area contributed by atoms with Crippen LogP contribution in [0.15, 0.2) is 0 Å². The van der Waals surface area contributed by atoms with Gasteiger partial charge in [-0.05, 0) is 0 Å². The number of primary amides is 1. The highest BCUT2D eigenvalue weighted by Gasteiger charge is 2.37. The van der Waals surface area contributed by atoms with Crippen LogP contribution in [0.3, 0.4) is 0 Å². The Hall–Kier alpha value is -1.10. The van der Waals surface area contributed by atoms with Crippen LogP contribution in [0.2, 0.25) is 0 Å². The first kappa shape index (κ1) is 8.99. The summed E-state index contributed by atoms with van der Waals surface area (Å²) in [7, 11) is 1.56. The van der Waals surface area contributed by atoms with Crippen molar-refractivity contribution in [3.8, 4) is 0 Å². The summed E-state index contributed by atoms with van der Waals surface area (Å²) in [5, 5.41) is 2.48. The summed E-state index contributed by atoms with van der Waals surface area (Å²) in [5.41, 5.74) is 5.01. The molecule has 0 spiro atoms. The molecule has 0 saturated carbocycles. The minimum atomic E-state index is -0.567. The number of carbonyl (C=O) groups is 2. The second-order valence-electron chi connectivity index (χ2n) is 2.79. The van der Waals surface area contributed by atoms with Gasteiger partial charge in [0, 0.05) is 19.4 Å². The largest absolute Gasteiger partial charge is 0.368 e. The lowest BCUT2D eigenvalue weighted by Crippen LogP contribution is -2.50. The highest BCUT2D eigenvalue weighted by atomic mass is 16.5. The fourth-order valence-electron chi connectivity index (χ4n) is 1.15. The van der Waals surface area contributed by atoms with E-state index >= 15 is 0 Å². The Kier molecular flexibility index (Phi) is 2.65. The van der Waals surface area contributed by atoms with Crippen LogP contribution in [0.1, 0.15) is 6.42 Å². The molecule has 1 heterocycles. The van der Waals surface area contributed by atoms with Gasteiger partial charge in [-0.2, -0.15) is 0 Å². The predicted molar refractivity (Wildman–Crippen MR) is 41.1 cm³/mol. The number of ether oxygens (including phenoxy) is 1. The van der Waals surface area contributed by atoms with Crippen LogP contribution in [-0.2, 0) is 14.3 Å². The van der Waals surface area contributed by atoms with E-state index < -0.39 is 12.0 Å². The predicted octanol–water partition coefficient (Wildman–Crippen LogP) is -1.38. The summed E-state index contributed by atoms with van der Waals surface area (Å²) < 4.78 is 4.90. The maximum Gasteiger partial charge on any atom is 0.246 e. The average molecular weight is 172 g/mol. The molecule has 1 aliphatic heterocycles. The number of nitrogens with one attached hydrogen (secondary N) is 1. The smallest absolute Gasteiger partial charge is 0.246 e. The van der Waals surface area contributed by atoms with Gasteiger partial charge in [-0.25, -0.2) is 0 Å². The quantitative estimate of drug-likeness (QED) is 0.550. The molecule has 5 nitrogen and oxygen atoms in total. The van der Waals surface area contributed by atoms with Crippen molar-refractivity contribution in [2.75, 3.05) is 13.7 Å². The number of amides is 2. The van der Waals surface area contributed by atoms with Gasteiger partial charge in [-0.3, -0.25) is 9.59 Å². The molecule has 2 amide bonds. The molecule has 1 fully saturated rings. The van der Waals surface area contributed by atoms with Crippen molar-refractivity contribution in [3.63, 3.8) is 0 Å². The van der Waals surface area contributed by atoms with Crippen molar-refractivity contribution in [2.24, 2.45) is 11.7 Å². The van der Waals surface area contributed by atoms with Gasteiger partial charge in [0.05, 0.1) is 6.61 Å². The lowest BCUT2D eigenvalue weighted by atomic mass is 9.93. The highest BCUT2D eigenvalue weighted by Crippen LogP contribution is 2.23. The van der Waals surface area contributed by atoms with E-state index in [1.54, 1.807) is 7.05 Å². The first-order chi connectivity index (χ1) is 5.65. The molecule has 12 heavy (non-hydrogen) atoms. The van der Waals surface area contributed by atoms with E-state index in [9.17, 15) is 9.59 Å². The molecule has 5 heteroatoms. The molecule has 0 radical (unpaired) electrons. The molecule has 68 valence electrons. The molecule has 0 aromatic rings. The summed E-state index contributed by atoms with van der Waals surface area (Å²) in [6.45, 7) is 0.445. The maximum absolute atomic E-state index is 10.9. The molecular formula is C7H12N2O3. The summed E-state index contributed by atoms with van der Waals surface area (Å²) in [6.07, 6.45) is -0.258. The van der Waals surface area contributed by atoms with Gasteiger partial charge in [0.25, 0.3) is 0 Å². The summed E-state index contributed by atoms with van der Waals surface area (Å²) >= 11 is 0. The third-order valence-electron chi connectivity index (χ3n) is 1.92. The van der Waals surface area contributed by atoms with Crippen LogP contribution >= 0.6 is 0 Å². The molecule has 0 bridgehead atoms. The zero-order chi connectivity index (χ0) is 9.14. The van der Waals surface area contributed by atoms with Crippen molar-refractivity contribution in [1.82, 2.24) is 5.32 Å². The lowest BCUT2D eigenvalue weighted by molar-refractivity contribution is -0.160. The summed E-state index contributed by atoms with van der Waals surface area (Å²) in [6, 6.07) is 0. The van der Waals surface area contributed by atoms with Gasteiger partial charge in [-0.15, -0.1) is 0 Å². The highest BCUT2D eigenvalue weighted by molar-refractivity contribution is 5.82. The molecule has 2 atom stereocenters. The van der Waals surface area contributed by atoms with E-state index in [1.165, 1.54) is 0 Å². The number of hydrogen-bond acceptors (Lipinski definition) is 3. The Morgan fingerprint density at radius 1 is 1.67 bits per heavy atom. The standard InChI is InChI=1S/C7H12N2O3/c1-9-5(10)2-4-3-12-6(4)7(8)11/h4,6H,2-3H2,1H3,(H2,8,11)(H,9,10). The molecular weight excluding hydrogens is 160 g/mol. The third kappa shape index (κ3) is 1.73. The first-order valence-electron chi connectivity index (χ1n) is 3.76. The Morgan fingerprint density at radius 3 is 2.67 bits per heavy atom. The van der Waals surface area contributed by atoms with E-state index in [0.29, 0.717) is 13.0 Å². The fraction of sp³-hybridized carbons (Fsp3) is 0.714. The molecule has 2 unspecified atom stereocenters. The zero-order valence-corrected chi connectivity index (χ0v) is 6.87. The SMILES string of the molecule is CNC(=O)CC1COC1C(N)=O. The Labute approximate surface area is 70.2 Å². The van der Waals surface area contributed by atoms with Crippen molar-refractivity contribution < 1.29 is 14.3 Å². The van der Waals surface area contributed by atoms with Gasteiger partial charge in [-0.1, -0.05) is 0 Å². The van der Waals surface area contributed by atoms with Crippen LogP contribution in [0.5, 0.6) is 0 Å². The molecule has 3 N–H and O–H groups in total. The molecule has 1 rings (SSSR count). The van der Waals surface area contributed by atoms with Gasteiger partial charge < -0.3 is 15.8 Å². The van der Waals surface area contributed by atoms with Gasteiger partial charge in [0.15, 0.2) is 0 Å². The van der Waals surface area contributed by atoms with Crippen LogP contribution < -0.4 is 11.1 Å². The van der Waals surface area contributed by atoms with Crippen molar-refractivity contribution in [2.45, 2.75) is 12.5 Å². The number of rotatable bonds is 3. The normalized spacial score (nSPS) is 27.4. The van der Waals surface area contributed by atoms with Crippen LogP contribution in [0.4, 0.5) is 0 Å². The van der Waals surface area contributed by atoms with Gasteiger partial charge >= 0.3 is 0 Å². The maximum atomic E-state index is 10.9. The summed E-state index contributed by atoms with van der Waals surface area (Å²) in [4.78, 5) is 21.5. The Bertz CT molecular complexity index is 205. The Balaban J connectivity index is 2.34. The van der Waals surface area contributed by atoms with Crippen LogP contribution in [0.25, 0.3) is 0 Å². The van der Waals surface area contributed by atoms with Crippen LogP contribution in [0, 0.1) is 5.92 Å². The topological polar surface area (TPSA) is 81.4 Å². The Morgan fingerprint density at radius 2 is 2.33 bits per heavy atom.